The van der Waals surface area contributed by atoms with Crippen LogP contribution in [0.15, 0.2) is 41.0 Å². The smallest absolute Gasteiger partial charge is 0.223 e. The van der Waals surface area contributed by atoms with Crippen molar-refractivity contribution in [1.29, 1.82) is 0 Å². The molecule has 1 amide bonds. The quantitative estimate of drug-likeness (QED) is 0.341. The zero-order valence-electron chi connectivity index (χ0n) is 23.2. The molecule has 41 heavy (non-hydrogen) atoms. The van der Waals surface area contributed by atoms with Gasteiger partial charge in [0.2, 0.25) is 5.91 Å². The van der Waals surface area contributed by atoms with Gasteiger partial charge < -0.3 is 30.4 Å². The minimum absolute atomic E-state index is 0.0780. The number of nitrogens with one attached hydrogen (secondary N) is 2. The van der Waals surface area contributed by atoms with Crippen LogP contribution in [0, 0.1) is 17.8 Å². The number of hydrogen-bond donors (Lipinski definition) is 3. The predicted octanol–water partition coefficient (Wildman–Crippen LogP) is 3.78. The second kappa shape index (κ2) is 10.9. The van der Waals surface area contributed by atoms with E-state index in [1.54, 1.807) is 13.3 Å². The lowest BCUT2D eigenvalue weighted by Crippen LogP contribution is -2.49. The third-order valence-electron chi connectivity index (χ3n) is 9.40. The Morgan fingerprint density at radius 2 is 1.95 bits per heavy atom. The number of fused-ring (bicyclic) bond motifs is 3. The van der Waals surface area contributed by atoms with E-state index in [2.05, 4.69) is 71.4 Å². The number of ether oxygens (including phenoxy) is 2. The van der Waals surface area contributed by atoms with E-state index in [1.165, 1.54) is 0 Å². The molecule has 2 saturated heterocycles. The van der Waals surface area contributed by atoms with Gasteiger partial charge in [0.15, 0.2) is 5.65 Å². The van der Waals surface area contributed by atoms with Gasteiger partial charge in [-0.05, 0) is 59.2 Å². The molecule has 1 aromatic carbocycles. The molecule has 2 aromatic heterocycles. The van der Waals surface area contributed by atoms with E-state index in [4.69, 9.17) is 20.2 Å². The molecule has 3 aromatic rings. The molecule has 3 fully saturated rings. The average molecular weight is 623 g/mol. The summed E-state index contributed by atoms with van der Waals surface area (Å²) in [4.78, 5) is 30.3. The van der Waals surface area contributed by atoms with Crippen molar-refractivity contribution >= 4 is 44.4 Å². The molecule has 11 heteroatoms. The number of nitrogens with two attached hydrogens (primary N) is 1. The number of hydrogen-bond acceptors (Lipinski definition) is 8. The fraction of sp³-hybridized carbons (Fsp3) is 0.500. The largest absolute Gasteiger partial charge is 0.496 e. The minimum atomic E-state index is -0.265. The molecule has 2 aliphatic carbocycles. The van der Waals surface area contributed by atoms with Crippen molar-refractivity contribution in [2.45, 2.75) is 31.3 Å². The van der Waals surface area contributed by atoms with E-state index in [9.17, 15) is 4.79 Å². The summed E-state index contributed by atoms with van der Waals surface area (Å²) in [6, 6.07) is 6.90. The first-order valence-electron chi connectivity index (χ1n) is 14.5. The van der Waals surface area contributed by atoms with Crippen LogP contribution in [0.25, 0.3) is 22.6 Å². The molecule has 216 valence electrons. The molecule has 0 radical (unpaired) electrons. The van der Waals surface area contributed by atoms with Crippen molar-refractivity contribution in [3.8, 4) is 17.1 Å². The number of anilines is 2. The Morgan fingerprint density at radius 3 is 2.71 bits per heavy atom. The van der Waals surface area contributed by atoms with Crippen LogP contribution in [0.3, 0.4) is 0 Å². The Bertz CT molecular complexity index is 1480. The zero-order chi connectivity index (χ0) is 28.1. The number of benzene rings is 1. The lowest BCUT2D eigenvalue weighted by Gasteiger charge is -2.40. The standard InChI is InChI=1S/C30H36BrN7O3/c1-40-23-15-20(37-8-6-19(7-9-37)38-10-12-41-13-11-38)4-5-21(23)29-35-27-26(22(31)16-33-30(27)36-29)34-25-18-3-2-17(14-18)24(25)28(32)39/h2-5,15-19,24-25H,6-14H2,1H3,(H2,32,39)(H2,33,34,35,36). The Kier molecular flexibility index (Phi) is 7.12. The first-order valence-corrected chi connectivity index (χ1v) is 15.3. The number of aromatic nitrogens is 3. The number of carbonyl (C=O) groups excluding carboxylic acids is 1. The molecule has 10 nitrogen and oxygen atoms in total. The number of carbonyl (C=O) groups is 1. The van der Waals surface area contributed by atoms with Crippen LogP contribution in [0.4, 0.5) is 11.4 Å². The summed E-state index contributed by atoms with van der Waals surface area (Å²) in [6.45, 7) is 5.81. The number of piperidine rings is 1. The summed E-state index contributed by atoms with van der Waals surface area (Å²) in [6.07, 6.45) is 9.33. The number of imidazole rings is 1. The lowest BCUT2D eigenvalue weighted by molar-refractivity contribution is -0.122. The second-order valence-corrected chi connectivity index (χ2v) is 12.4. The van der Waals surface area contributed by atoms with Crippen LogP contribution < -0.4 is 20.7 Å². The van der Waals surface area contributed by atoms with Gasteiger partial charge >= 0.3 is 0 Å². The zero-order valence-corrected chi connectivity index (χ0v) is 24.8. The van der Waals surface area contributed by atoms with Crippen molar-refractivity contribution in [3.63, 3.8) is 0 Å². The number of rotatable bonds is 7. The Hall–Kier alpha value is -3.15. The highest BCUT2D eigenvalue weighted by Gasteiger charge is 2.47. The van der Waals surface area contributed by atoms with Gasteiger partial charge in [-0.3, -0.25) is 9.69 Å². The van der Waals surface area contributed by atoms with Crippen LogP contribution >= 0.6 is 15.9 Å². The normalized spacial score (nSPS) is 26.6. The van der Waals surface area contributed by atoms with E-state index in [-0.39, 0.29) is 29.7 Å². The molecular formula is C30H36BrN7O3. The molecule has 7 rings (SSSR count). The van der Waals surface area contributed by atoms with E-state index in [0.29, 0.717) is 23.0 Å². The molecular weight excluding hydrogens is 586 g/mol. The number of allylic oxidation sites excluding steroid dienone is 1. The fourth-order valence-electron chi connectivity index (χ4n) is 7.27. The summed E-state index contributed by atoms with van der Waals surface area (Å²) in [5, 5.41) is 3.62. The second-order valence-electron chi connectivity index (χ2n) is 11.6. The van der Waals surface area contributed by atoms with Gasteiger partial charge in [0.05, 0.1) is 42.0 Å². The van der Waals surface area contributed by atoms with Crippen LogP contribution in [0.2, 0.25) is 0 Å². The number of aromatic amines is 1. The average Bonchev–Trinajstić information content (AvgIpc) is 3.74. The number of pyridine rings is 1. The summed E-state index contributed by atoms with van der Waals surface area (Å²) < 4.78 is 12.2. The highest BCUT2D eigenvalue weighted by Crippen LogP contribution is 2.46. The van der Waals surface area contributed by atoms with Crippen molar-refractivity contribution in [2.24, 2.45) is 23.5 Å². The van der Waals surface area contributed by atoms with Gasteiger partial charge in [0.25, 0.3) is 0 Å². The molecule has 1 saturated carbocycles. The highest BCUT2D eigenvalue weighted by atomic mass is 79.9. The van der Waals surface area contributed by atoms with Gasteiger partial charge in [-0.1, -0.05) is 12.2 Å². The Labute approximate surface area is 247 Å². The first-order chi connectivity index (χ1) is 20.0. The van der Waals surface area contributed by atoms with Gasteiger partial charge in [-0.2, -0.15) is 0 Å². The first kappa shape index (κ1) is 26.7. The molecule has 4 aliphatic rings. The van der Waals surface area contributed by atoms with Gasteiger partial charge in [0, 0.05) is 56.2 Å². The van der Waals surface area contributed by atoms with Crippen molar-refractivity contribution in [2.75, 3.05) is 56.7 Å². The van der Waals surface area contributed by atoms with Gasteiger partial charge in [0.1, 0.15) is 17.1 Å². The Balaban J connectivity index is 1.13. The van der Waals surface area contributed by atoms with Crippen LogP contribution in [-0.4, -0.2) is 84.3 Å². The fourth-order valence-corrected chi connectivity index (χ4v) is 7.68. The molecule has 4 atom stereocenters. The number of amides is 1. The highest BCUT2D eigenvalue weighted by molar-refractivity contribution is 9.10. The number of methoxy groups -OCH3 is 1. The van der Waals surface area contributed by atoms with Crippen molar-refractivity contribution in [3.05, 3.63) is 41.0 Å². The van der Waals surface area contributed by atoms with Crippen LogP contribution in [0.1, 0.15) is 19.3 Å². The third-order valence-corrected chi connectivity index (χ3v) is 10.00. The summed E-state index contributed by atoms with van der Waals surface area (Å²) in [5.74, 6) is 1.38. The maximum Gasteiger partial charge on any atom is 0.223 e. The molecule has 4 unspecified atom stereocenters. The summed E-state index contributed by atoms with van der Waals surface area (Å²) in [7, 11) is 1.70. The van der Waals surface area contributed by atoms with E-state index < -0.39 is 0 Å². The van der Waals surface area contributed by atoms with Crippen molar-refractivity contribution in [1.82, 2.24) is 19.9 Å². The number of nitrogens with zero attached hydrogens (tertiary/aromatic N) is 4. The third kappa shape index (κ3) is 4.87. The topological polar surface area (TPSA) is 122 Å². The number of primary amides is 1. The molecule has 0 spiro atoms. The van der Waals surface area contributed by atoms with Crippen molar-refractivity contribution < 1.29 is 14.3 Å². The SMILES string of the molecule is COc1cc(N2CCC(N3CCOCC3)CC2)ccc1-c1nc2c(NC3C4C=CC(C4)C3C(N)=O)c(Br)cnc2[nH]1. The van der Waals surface area contributed by atoms with E-state index >= 15 is 0 Å². The molecule has 2 bridgehead atoms. The monoisotopic (exact) mass is 621 g/mol. The molecule has 2 aliphatic heterocycles. The van der Waals surface area contributed by atoms with Crippen LogP contribution in [-0.2, 0) is 9.53 Å². The number of H-pyrrole nitrogens is 1. The summed E-state index contributed by atoms with van der Waals surface area (Å²) >= 11 is 3.66. The molecule has 4 N–H and O–H groups in total. The Morgan fingerprint density at radius 1 is 1.17 bits per heavy atom. The molecule has 4 heterocycles. The minimum Gasteiger partial charge on any atom is -0.496 e. The van der Waals surface area contributed by atoms with Gasteiger partial charge in [-0.15, -0.1) is 0 Å². The maximum atomic E-state index is 12.3. The number of morpholine rings is 1. The van der Waals surface area contributed by atoms with E-state index in [1.807, 2.05) is 0 Å². The van der Waals surface area contributed by atoms with Gasteiger partial charge in [-0.25, -0.2) is 9.97 Å². The predicted molar refractivity (Wildman–Crippen MR) is 162 cm³/mol. The van der Waals surface area contributed by atoms with E-state index in [0.717, 1.165) is 85.8 Å². The van der Waals surface area contributed by atoms with Crippen LogP contribution in [0.5, 0.6) is 5.75 Å². The summed E-state index contributed by atoms with van der Waals surface area (Å²) in [5.41, 5.74) is 10.0. The lowest BCUT2D eigenvalue weighted by atomic mass is 9.88. The number of halogens is 1. The maximum absolute atomic E-state index is 12.3.